The van der Waals surface area contributed by atoms with E-state index in [4.69, 9.17) is 0 Å². The minimum Gasteiger partial charge on any atom is -0.311 e. The Morgan fingerprint density at radius 3 is 2.67 bits per heavy atom. The maximum absolute atomic E-state index is 11.1. The van der Waals surface area contributed by atoms with Gasteiger partial charge in [-0.1, -0.05) is 13.3 Å². The van der Waals surface area contributed by atoms with E-state index in [0.29, 0.717) is 5.69 Å². The summed E-state index contributed by atoms with van der Waals surface area (Å²) in [5.41, 5.74) is 0.124. The van der Waals surface area contributed by atoms with E-state index < -0.39 is 0 Å². The molecule has 4 nitrogen and oxygen atoms in total. The molecule has 0 atom stereocenters. The molecular formula is C8H12N2O2. The number of hydrogen-bond acceptors (Lipinski definition) is 2. The summed E-state index contributed by atoms with van der Waals surface area (Å²) in [5, 5.41) is 0. The maximum atomic E-state index is 11.1. The van der Waals surface area contributed by atoms with Crippen molar-refractivity contribution in [2.24, 2.45) is 7.05 Å². The molecule has 0 aromatic carbocycles. The summed E-state index contributed by atoms with van der Waals surface area (Å²) in [5.74, 6) is 0. The third-order valence-corrected chi connectivity index (χ3v) is 1.72. The summed E-state index contributed by atoms with van der Waals surface area (Å²) < 4.78 is 1.05. The highest BCUT2D eigenvalue weighted by Crippen LogP contribution is 1.91. The van der Waals surface area contributed by atoms with Crippen LogP contribution in [-0.4, -0.2) is 9.55 Å². The molecule has 1 N–H and O–H groups in total. The van der Waals surface area contributed by atoms with Crippen molar-refractivity contribution in [2.45, 2.75) is 19.8 Å². The Kier molecular flexibility index (Phi) is 2.47. The lowest BCUT2D eigenvalue weighted by molar-refractivity contribution is 0.742. The molecular weight excluding hydrogens is 156 g/mol. The highest BCUT2D eigenvalue weighted by atomic mass is 16.2. The van der Waals surface area contributed by atoms with Gasteiger partial charge < -0.3 is 4.98 Å². The van der Waals surface area contributed by atoms with Crippen molar-refractivity contribution in [1.82, 2.24) is 9.55 Å². The lowest BCUT2D eigenvalue weighted by Gasteiger charge is -1.99. The Morgan fingerprint density at radius 1 is 1.50 bits per heavy atom. The maximum Gasteiger partial charge on any atom is 0.328 e. The molecule has 0 saturated carbocycles. The van der Waals surface area contributed by atoms with E-state index >= 15 is 0 Å². The molecule has 1 heterocycles. The van der Waals surface area contributed by atoms with Crippen molar-refractivity contribution in [3.05, 3.63) is 32.6 Å². The molecule has 0 amide bonds. The Bertz CT molecular complexity index is 344. The lowest BCUT2D eigenvalue weighted by Crippen LogP contribution is -2.32. The molecule has 1 aromatic rings. The molecule has 1 aromatic heterocycles. The van der Waals surface area contributed by atoms with Crippen LogP contribution in [0.25, 0.3) is 0 Å². The summed E-state index contributed by atoms with van der Waals surface area (Å²) >= 11 is 0. The monoisotopic (exact) mass is 168 g/mol. The van der Waals surface area contributed by atoms with Crippen LogP contribution >= 0.6 is 0 Å². The van der Waals surface area contributed by atoms with Gasteiger partial charge in [-0.3, -0.25) is 9.36 Å². The van der Waals surface area contributed by atoms with Crippen LogP contribution in [-0.2, 0) is 13.5 Å². The number of nitrogens with one attached hydrogen (secondary N) is 1. The van der Waals surface area contributed by atoms with Crippen LogP contribution in [0.5, 0.6) is 0 Å². The molecule has 66 valence electrons. The molecule has 0 aliphatic rings. The molecule has 1 rings (SSSR count). The Balaban J connectivity index is 3.22. The number of aromatic nitrogens is 2. The predicted molar refractivity (Wildman–Crippen MR) is 46.3 cm³/mol. The van der Waals surface area contributed by atoms with E-state index in [2.05, 4.69) is 4.98 Å². The van der Waals surface area contributed by atoms with E-state index in [1.165, 1.54) is 13.1 Å². The number of hydrogen-bond donors (Lipinski definition) is 1. The zero-order chi connectivity index (χ0) is 9.14. The molecule has 4 heteroatoms. The van der Waals surface area contributed by atoms with E-state index in [1.807, 2.05) is 6.92 Å². The summed E-state index contributed by atoms with van der Waals surface area (Å²) in [6.07, 6.45) is 1.66. The average molecular weight is 168 g/mol. The minimum atomic E-state index is -0.342. The molecule has 0 aliphatic heterocycles. The zero-order valence-corrected chi connectivity index (χ0v) is 7.26. The molecule has 12 heavy (non-hydrogen) atoms. The van der Waals surface area contributed by atoms with Gasteiger partial charge in [-0.05, 0) is 6.42 Å². The van der Waals surface area contributed by atoms with Gasteiger partial charge in [0.2, 0.25) is 0 Å². The summed E-state index contributed by atoms with van der Waals surface area (Å²) in [4.78, 5) is 24.7. The summed E-state index contributed by atoms with van der Waals surface area (Å²) in [6.45, 7) is 2.00. The van der Waals surface area contributed by atoms with Gasteiger partial charge in [0.1, 0.15) is 0 Å². The topological polar surface area (TPSA) is 54.9 Å². The van der Waals surface area contributed by atoms with Gasteiger partial charge in [0.05, 0.1) is 0 Å². The summed E-state index contributed by atoms with van der Waals surface area (Å²) in [7, 11) is 1.46. The second kappa shape index (κ2) is 3.38. The van der Waals surface area contributed by atoms with Crippen molar-refractivity contribution in [1.29, 1.82) is 0 Å². The molecule has 0 fully saturated rings. The van der Waals surface area contributed by atoms with Crippen molar-refractivity contribution in [3.63, 3.8) is 0 Å². The SMILES string of the molecule is CCCc1cc(=O)n(C)c(=O)[nH]1. The van der Waals surface area contributed by atoms with E-state index in [9.17, 15) is 9.59 Å². The largest absolute Gasteiger partial charge is 0.328 e. The van der Waals surface area contributed by atoms with Crippen LogP contribution in [0, 0.1) is 0 Å². The molecule has 0 radical (unpaired) electrons. The second-order valence-electron chi connectivity index (χ2n) is 2.75. The normalized spacial score (nSPS) is 10.2. The standard InChI is InChI=1S/C8H12N2O2/c1-3-4-6-5-7(11)10(2)8(12)9-6/h5H,3-4H2,1-2H3,(H,9,12). The first kappa shape index (κ1) is 8.77. The van der Waals surface area contributed by atoms with Crippen LogP contribution in [0.3, 0.4) is 0 Å². The van der Waals surface area contributed by atoms with Crippen LogP contribution in [0.15, 0.2) is 15.7 Å². The molecule has 0 saturated heterocycles. The highest BCUT2D eigenvalue weighted by Gasteiger charge is 1.98. The van der Waals surface area contributed by atoms with Crippen molar-refractivity contribution >= 4 is 0 Å². The number of nitrogens with zero attached hydrogens (tertiary/aromatic N) is 1. The van der Waals surface area contributed by atoms with Gasteiger partial charge in [0, 0.05) is 18.8 Å². The fourth-order valence-corrected chi connectivity index (χ4v) is 1.01. The van der Waals surface area contributed by atoms with Crippen LogP contribution in [0.2, 0.25) is 0 Å². The Morgan fingerprint density at radius 2 is 2.17 bits per heavy atom. The first-order valence-corrected chi connectivity index (χ1v) is 3.94. The van der Waals surface area contributed by atoms with Crippen molar-refractivity contribution in [2.75, 3.05) is 0 Å². The number of aryl methyl sites for hydroxylation is 1. The number of rotatable bonds is 2. The van der Waals surface area contributed by atoms with Crippen LogP contribution < -0.4 is 11.2 Å². The Labute approximate surface area is 69.9 Å². The van der Waals surface area contributed by atoms with E-state index in [-0.39, 0.29) is 11.2 Å². The molecule has 0 aliphatic carbocycles. The highest BCUT2D eigenvalue weighted by molar-refractivity contribution is 4.99. The molecule has 0 bridgehead atoms. The first-order chi connectivity index (χ1) is 5.65. The smallest absolute Gasteiger partial charge is 0.311 e. The molecule has 0 spiro atoms. The minimum absolute atomic E-state index is 0.248. The van der Waals surface area contributed by atoms with E-state index in [1.54, 1.807) is 0 Å². The number of aromatic amines is 1. The fourth-order valence-electron chi connectivity index (χ4n) is 1.01. The van der Waals surface area contributed by atoms with E-state index in [0.717, 1.165) is 17.4 Å². The van der Waals surface area contributed by atoms with Crippen molar-refractivity contribution in [3.8, 4) is 0 Å². The second-order valence-corrected chi connectivity index (χ2v) is 2.75. The first-order valence-electron chi connectivity index (χ1n) is 3.94. The van der Waals surface area contributed by atoms with Crippen LogP contribution in [0.4, 0.5) is 0 Å². The lowest BCUT2D eigenvalue weighted by atomic mass is 10.2. The third-order valence-electron chi connectivity index (χ3n) is 1.72. The van der Waals surface area contributed by atoms with Gasteiger partial charge in [-0.15, -0.1) is 0 Å². The third kappa shape index (κ3) is 1.64. The van der Waals surface area contributed by atoms with Crippen molar-refractivity contribution < 1.29 is 0 Å². The van der Waals surface area contributed by atoms with Gasteiger partial charge in [0.25, 0.3) is 5.56 Å². The van der Waals surface area contributed by atoms with Crippen LogP contribution in [0.1, 0.15) is 19.0 Å². The Hall–Kier alpha value is -1.32. The average Bonchev–Trinajstić information content (AvgIpc) is 2.01. The molecule has 0 unspecified atom stereocenters. The summed E-state index contributed by atoms with van der Waals surface area (Å²) in [6, 6.07) is 1.46. The predicted octanol–water partition coefficient (Wildman–Crippen LogP) is 0.0261. The van der Waals surface area contributed by atoms with Gasteiger partial charge in [0.15, 0.2) is 0 Å². The quantitative estimate of drug-likeness (QED) is 0.677. The van der Waals surface area contributed by atoms with Gasteiger partial charge in [-0.2, -0.15) is 0 Å². The number of H-pyrrole nitrogens is 1. The van der Waals surface area contributed by atoms with Gasteiger partial charge in [-0.25, -0.2) is 4.79 Å². The fraction of sp³-hybridized carbons (Fsp3) is 0.500. The zero-order valence-electron chi connectivity index (χ0n) is 7.26. The van der Waals surface area contributed by atoms with Gasteiger partial charge >= 0.3 is 5.69 Å².